The average Bonchev–Trinajstić information content (AvgIpc) is 3.49. The molecule has 34 heavy (non-hydrogen) atoms. The first-order chi connectivity index (χ1) is 16.9. The quantitative estimate of drug-likeness (QED) is 0.276. The lowest BCUT2D eigenvalue weighted by atomic mass is 10.1. The molecule has 0 amide bonds. The first kappa shape index (κ1) is 19.1. The highest BCUT2D eigenvalue weighted by molar-refractivity contribution is 6.17. The lowest BCUT2D eigenvalue weighted by Crippen LogP contribution is -2.06. The van der Waals surface area contributed by atoms with Crippen molar-refractivity contribution >= 4 is 32.7 Å². The van der Waals surface area contributed by atoms with Gasteiger partial charge in [-0.15, -0.1) is 0 Å². The Balaban J connectivity index is 1.43. The molecule has 7 rings (SSSR count). The van der Waals surface area contributed by atoms with Gasteiger partial charge >= 0.3 is 0 Å². The molecule has 0 N–H and O–H groups in total. The van der Waals surface area contributed by atoms with Gasteiger partial charge in [0.2, 0.25) is 0 Å². The molecule has 3 heterocycles. The summed E-state index contributed by atoms with van der Waals surface area (Å²) in [4.78, 5) is 4.48. The largest absolute Gasteiger partial charge is 0.333 e. The molecular formula is C31H23N3. The van der Waals surface area contributed by atoms with Crippen molar-refractivity contribution in [1.82, 2.24) is 14.1 Å². The minimum Gasteiger partial charge on any atom is -0.333 e. The van der Waals surface area contributed by atoms with Crippen molar-refractivity contribution in [3.63, 3.8) is 0 Å². The van der Waals surface area contributed by atoms with E-state index in [1.807, 2.05) is 24.4 Å². The molecule has 0 fully saturated rings. The van der Waals surface area contributed by atoms with Gasteiger partial charge in [0.05, 0.1) is 22.8 Å². The maximum Gasteiger partial charge on any atom is 0.0701 e. The van der Waals surface area contributed by atoms with Gasteiger partial charge in [0.25, 0.3) is 0 Å². The first-order valence-corrected chi connectivity index (χ1v) is 11.8. The van der Waals surface area contributed by atoms with E-state index in [0.717, 1.165) is 23.4 Å². The van der Waals surface area contributed by atoms with E-state index in [4.69, 9.17) is 0 Å². The summed E-state index contributed by atoms with van der Waals surface area (Å²) in [5.74, 6) is 0. The fraction of sp³-hybridized carbons (Fsp3) is 0.0645. The van der Waals surface area contributed by atoms with Crippen LogP contribution >= 0.6 is 0 Å². The second-order valence-electron chi connectivity index (χ2n) is 8.85. The Bertz CT molecular complexity index is 1710. The van der Waals surface area contributed by atoms with Crippen LogP contribution in [0.3, 0.4) is 0 Å². The maximum atomic E-state index is 4.48. The third kappa shape index (κ3) is 2.87. The topological polar surface area (TPSA) is 22.8 Å². The van der Waals surface area contributed by atoms with E-state index in [0.29, 0.717) is 6.04 Å². The monoisotopic (exact) mass is 437 g/mol. The summed E-state index contributed by atoms with van der Waals surface area (Å²) >= 11 is 0. The van der Waals surface area contributed by atoms with Crippen molar-refractivity contribution in [3.05, 3.63) is 122 Å². The van der Waals surface area contributed by atoms with E-state index >= 15 is 0 Å². The number of fused-ring (bicyclic) bond motifs is 5. The fourth-order valence-electron chi connectivity index (χ4n) is 5.36. The minimum absolute atomic E-state index is 0.319. The molecule has 0 radical (unpaired) electrons. The highest BCUT2D eigenvalue weighted by Gasteiger charge is 2.19. The summed E-state index contributed by atoms with van der Waals surface area (Å²) in [6.07, 6.45) is 13.9. The van der Waals surface area contributed by atoms with Crippen LogP contribution in [0.15, 0.2) is 122 Å². The van der Waals surface area contributed by atoms with Crippen LogP contribution < -0.4 is 0 Å². The molecule has 162 valence electrons. The number of hydrogen-bond acceptors (Lipinski definition) is 1. The highest BCUT2D eigenvalue weighted by Crippen LogP contribution is 2.39. The molecule has 1 aliphatic rings. The van der Waals surface area contributed by atoms with Crippen LogP contribution in [-0.2, 0) is 0 Å². The molecule has 6 aromatic rings. The van der Waals surface area contributed by atoms with Crippen molar-refractivity contribution in [2.24, 2.45) is 0 Å². The number of rotatable bonds is 3. The van der Waals surface area contributed by atoms with Gasteiger partial charge in [-0.1, -0.05) is 66.8 Å². The van der Waals surface area contributed by atoms with Crippen LogP contribution in [0.1, 0.15) is 12.5 Å². The lowest BCUT2D eigenvalue weighted by molar-refractivity contribution is 0.649. The van der Waals surface area contributed by atoms with E-state index in [1.54, 1.807) is 0 Å². The molecule has 1 unspecified atom stereocenters. The summed E-state index contributed by atoms with van der Waals surface area (Å²) in [7, 11) is 0. The minimum atomic E-state index is 0.319. The fourth-order valence-corrected chi connectivity index (χ4v) is 5.36. The van der Waals surface area contributed by atoms with Gasteiger partial charge in [-0.25, -0.2) is 0 Å². The van der Waals surface area contributed by atoms with E-state index in [-0.39, 0.29) is 0 Å². The molecule has 1 aliphatic carbocycles. The number of allylic oxidation sites excluding steroid dienone is 4. The van der Waals surface area contributed by atoms with Crippen LogP contribution in [0.25, 0.3) is 49.7 Å². The van der Waals surface area contributed by atoms with Gasteiger partial charge in [0, 0.05) is 45.3 Å². The summed E-state index contributed by atoms with van der Waals surface area (Å²) in [5.41, 5.74) is 7.09. The van der Waals surface area contributed by atoms with Crippen LogP contribution in [0.2, 0.25) is 0 Å². The van der Waals surface area contributed by atoms with E-state index in [9.17, 15) is 0 Å². The zero-order valence-corrected chi connectivity index (χ0v) is 18.7. The predicted molar refractivity (Wildman–Crippen MR) is 141 cm³/mol. The molecular weight excluding hydrogens is 414 g/mol. The van der Waals surface area contributed by atoms with Gasteiger partial charge < -0.3 is 9.13 Å². The van der Waals surface area contributed by atoms with Gasteiger partial charge in [-0.05, 0) is 48.9 Å². The highest BCUT2D eigenvalue weighted by atomic mass is 15.0. The van der Waals surface area contributed by atoms with Gasteiger partial charge in [0.1, 0.15) is 0 Å². The molecule has 0 spiro atoms. The van der Waals surface area contributed by atoms with Crippen molar-refractivity contribution in [2.45, 2.75) is 12.5 Å². The third-order valence-electron chi connectivity index (χ3n) is 6.93. The van der Waals surface area contributed by atoms with Crippen LogP contribution in [-0.4, -0.2) is 14.1 Å². The Morgan fingerprint density at radius 3 is 2.41 bits per heavy atom. The number of aromatic nitrogens is 3. The zero-order valence-electron chi connectivity index (χ0n) is 18.7. The number of hydrogen-bond donors (Lipinski definition) is 0. The van der Waals surface area contributed by atoms with E-state index in [1.165, 1.54) is 32.7 Å². The molecule has 0 saturated heterocycles. The smallest absolute Gasteiger partial charge is 0.0701 e. The Hall–Kier alpha value is -4.37. The van der Waals surface area contributed by atoms with Crippen LogP contribution in [0, 0.1) is 0 Å². The average molecular weight is 438 g/mol. The third-order valence-corrected chi connectivity index (χ3v) is 6.93. The van der Waals surface area contributed by atoms with Crippen molar-refractivity contribution in [2.75, 3.05) is 0 Å². The number of nitrogens with zero attached hydrogens (tertiary/aromatic N) is 3. The molecule has 1 atom stereocenters. The summed E-state index contributed by atoms with van der Waals surface area (Å²) in [5, 5.41) is 3.91. The summed E-state index contributed by atoms with van der Waals surface area (Å²) in [6.45, 7) is 0. The number of benzene rings is 3. The maximum absolute atomic E-state index is 4.48. The number of para-hydroxylation sites is 1. The SMILES string of the molecule is C1=CCC(n2c3ccccc3c3ccc4c(ccn4-c4ccc(-c5ccccn5)cc4)c32)C=C1. The first-order valence-electron chi connectivity index (χ1n) is 11.8. The molecule has 3 aromatic carbocycles. The van der Waals surface area contributed by atoms with Gasteiger partial charge in [0.15, 0.2) is 0 Å². The molecule has 3 heteroatoms. The molecule has 3 aromatic heterocycles. The summed E-state index contributed by atoms with van der Waals surface area (Å²) < 4.78 is 4.82. The van der Waals surface area contributed by atoms with Crippen LogP contribution in [0.5, 0.6) is 0 Å². The van der Waals surface area contributed by atoms with E-state index in [2.05, 4.69) is 111 Å². The zero-order chi connectivity index (χ0) is 22.5. The normalized spacial score (nSPS) is 15.6. The second kappa shape index (κ2) is 7.60. The number of pyridine rings is 1. The molecule has 0 saturated carbocycles. The predicted octanol–water partition coefficient (Wildman–Crippen LogP) is 7.86. The molecule has 0 aliphatic heterocycles. The Kier molecular flexibility index (Phi) is 4.28. The van der Waals surface area contributed by atoms with Gasteiger partial charge in [-0.3, -0.25) is 4.98 Å². The van der Waals surface area contributed by atoms with Crippen LogP contribution in [0.4, 0.5) is 0 Å². The standard InChI is InChI=1S/C31H23N3/c1-2-8-24(9-3-1)34-30-12-5-4-10-25(30)26-17-18-29-27(31(26)34)19-21-33(29)23-15-13-22(14-16-23)28-11-6-7-20-32-28/h1-8,10-21,24H,9H2. The molecule has 3 nitrogen and oxygen atoms in total. The second-order valence-corrected chi connectivity index (χ2v) is 8.85. The Morgan fingerprint density at radius 1 is 0.706 bits per heavy atom. The Labute approximate surface area is 197 Å². The van der Waals surface area contributed by atoms with Gasteiger partial charge in [-0.2, -0.15) is 0 Å². The van der Waals surface area contributed by atoms with Crippen molar-refractivity contribution in [3.8, 4) is 16.9 Å². The lowest BCUT2D eigenvalue weighted by Gasteiger charge is -2.19. The van der Waals surface area contributed by atoms with Crippen molar-refractivity contribution < 1.29 is 0 Å². The molecule has 0 bridgehead atoms. The van der Waals surface area contributed by atoms with E-state index < -0.39 is 0 Å². The van der Waals surface area contributed by atoms with Crippen molar-refractivity contribution in [1.29, 1.82) is 0 Å². The Morgan fingerprint density at radius 2 is 1.59 bits per heavy atom. The summed E-state index contributed by atoms with van der Waals surface area (Å²) in [6, 6.07) is 30.6.